The molecule has 0 atom stereocenters. The third kappa shape index (κ3) is 3.40. The fraction of sp³-hybridized carbons (Fsp3) is 0.333. The summed E-state index contributed by atoms with van der Waals surface area (Å²) in [5, 5.41) is 0. The maximum absolute atomic E-state index is 6.03. The zero-order valence-electron chi connectivity index (χ0n) is 12.7. The molecule has 2 aromatic rings. The van der Waals surface area contributed by atoms with Gasteiger partial charge in [-0.15, -0.1) is 0 Å². The average Bonchev–Trinajstić information content (AvgIpc) is 2.41. The first kappa shape index (κ1) is 14.6. The Bertz CT molecular complexity index is 597. The lowest BCUT2D eigenvalue weighted by Gasteiger charge is -2.20. The first-order valence-electron chi connectivity index (χ1n) is 6.98. The van der Waals surface area contributed by atoms with Crippen molar-refractivity contribution in [2.45, 2.75) is 39.7 Å². The molecule has 0 radical (unpaired) electrons. The molecule has 0 spiro atoms. The quantitative estimate of drug-likeness (QED) is 0.887. The fourth-order valence-corrected chi connectivity index (χ4v) is 2.03. The fourth-order valence-electron chi connectivity index (χ4n) is 2.03. The Balaban J connectivity index is 2.30. The minimum atomic E-state index is 0.119. The Morgan fingerprint density at radius 2 is 1.80 bits per heavy atom. The molecule has 2 rings (SSSR count). The van der Waals surface area contributed by atoms with Crippen LogP contribution in [0.1, 0.15) is 37.5 Å². The first-order valence-corrected chi connectivity index (χ1v) is 6.98. The zero-order valence-corrected chi connectivity index (χ0v) is 12.7. The van der Waals surface area contributed by atoms with Crippen LogP contribution in [0.25, 0.3) is 0 Å². The summed E-state index contributed by atoms with van der Waals surface area (Å²) >= 11 is 0. The minimum absolute atomic E-state index is 0.119. The van der Waals surface area contributed by atoms with Gasteiger partial charge in [-0.05, 0) is 47.2 Å². The van der Waals surface area contributed by atoms with E-state index in [0.717, 1.165) is 22.6 Å². The van der Waals surface area contributed by atoms with Crippen molar-refractivity contribution in [1.29, 1.82) is 0 Å². The molecule has 0 heterocycles. The van der Waals surface area contributed by atoms with Crippen LogP contribution < -0.4 is 10.5 Å². The summed E-state index contributed by atoms with van der Waals surface area (Å²) in [6.07, 6.45) is 0. The third-order valence-corrected chi connectivity index (χ3v) is 3.42. The monoisotopic (exact) mass is 269 g/mol. The summed E-state index contributed by atoms with van der Waals surface area (Å²) in [5.74, 6) is 1.74. The van der Waals surface area contributed by atoms with Gasteiger partial charge in [-0.25, -0.2) is 0 Å². The van der Waals surface area contributed by atoms with Crippen LogP contribution in [-0.4, -0.2) is 0 Å². The lowest BCUT2D eigenvalue weighted by molar-refractivity contribution is 0.474. The number of hydrogen-bond donors (Lipinski definition) is 1. The molecule has 2 nitrogen and oxygen atoms in total. The van der Waals surface area contributed by atoms with E-state index in [-0.39, 0.29) is 5.41 Å². The van der Waals surface area contributed by atoms with Gasteiger partial charge in [-0.3, -0.25) is 0 Å². The highest BCUT2D eigenvalue weighted by Crippen LogP contribution is 2.30. The molecule has 0 aliphatic rings. The second kappa shape index (κ2) is 5.68. The Labute approximate surface area is 121 Å². The summed E-state index contributed by atoms with van der Waals surface area (Å²) in [6, 6.07) is 14.4. The van der Waals surface area contributed by atoms with Crippen LogP contribution >= 0.6 is 0 Å². The lowest BCUT2D eigenvalue weighted by Crippen LogP contribution is -2.10. The molecule has 0 aromatic heterocycles. The second-order valence-electron chi connectivity index (χ2n) is 6.18. The Hall–Kier alpha value is -1.80. The van der Waals surface area contributed by atoms with Crippen molar-refractivity contribution in [2.75, 3.05) is 0 Å². The number of rotatable bonds is 3. The maximum atomic E-state index is 6.03. The molecule has 2 N–H and O–H groups in total. The smallest absolute Gasteiger partial charge is 0.130 e. The average molecular weight is 269 g/mol. The predicted octanol–water partition coefficient (Wildman–Crippen LogP) is 4.54. The van der Waals surface area contributed by atoms with Gasteiger partial charge in [-0.1, -0.05) is 45.0 Å². The van der Waals surface area contributed by atoms with Gasteiger partial charge in [0, 0.05) is 6.54 Å². The summed E-state index contributed by atoms with van der Waals surface area (Å²) in [6.45, 7) is 9.17. The molecule has 0 unspecified atom stereocenters. The molecular weight excluding hydrogens is 246 g/mol. The van der Waals surface area contributed by atoms with Gasteiger partial charge in [0.15, 0.2) is 0 Å². The van der Waals surface area contributed by atoms with Gasteiger partial charge in [0.25, 0.3) is 0 Å². The zero-order chi connectivity index (χ0) is 14.8. The maximum Gasteiger partial charge on any atom is 0.130 e. The van der Waals surface area contributed by atoms with E-state index < -0.39 is 0 Å². The Kier molecular flexibility index (Phi) is 4.15. The number of hydrogen-bond acceptors (Lipinski definition) is 2. The standard InChI is InChI=1S/C18H23NO/c1-13-8-9-14(12-19)10-17(13)20-16-7-5-6-15(11-16)18(2,3)4/h5-11H,12,19H2,1-4H3. The number of aryl methyl sites for hydroxylation is 1. The summed E-state index contributed by atoms with van der Waals surface area (Å²) in [7, 11) is 0. The van der Waals surface area contributed by atoms with Crippen LogP contribution in [0.3, 0.4) is 0 Å². The molecule has 0 saturated heterocycles. The molecule has 2 heteroatoms. The van der Waals surface area contributed by atoms with Gasteiger partial charge in [0.05, 0.1) is 0 Å². The molecule has 0 aliphatic heterocycles. The van der Waals surface area contributed by atoms with Gasteiger partial charge in [-0.2, -0.15) is 0 Å². The van der Waals surface area contributed by atoms with Crippen LogP contribution in [0.15, 0.2) is 42.5 Å². The molecule has 0 saturated carbocycles. The molecule has 0 amide bonds. The molecule has 0 fully saturated rings. The SMILES string of the molecule is Cc1ccc(CN)cc1Oc1cccc(C(C)(C)C)c1. The van der Waals surface area contributed by atoms with E-state index in [4.69, 9.17) is 10.5 Å². The highest BCUT2D eigenvalue weighted by Gasteiger charge is 2.14. The largest absolute Gasteiger partial charge is 0.457 e. The van der Waals surface area contributed by atoms with Gasteiger partial charge < -0.3 is 10.5 Å². The van der Waals surface area contributed by atoms with Crippen LogP contribution in [0.4, 0.5) is 0 Å². The molecule has 106 valence electrons. The van der Waals surface area contributed by atoms with E-state index in [2.05, 4.69) is 32.9 Å². The van der Waals surface area contributed by atoms with E-state index in [0.29, 0.717) is 6.54 Å². The highest BCUT2D eigenvalue weighted by molar-refractivity contribution is 5.41. The molecule has 2 aromatic carbocycles. The topological polar surface area (TPSA) is 35.2 Å². The summed E-state index contributed by atoms with van der Waals surface area (Å²) in [5.41, 5.74) is 9.27. The summed E-state index contributed by atoms with van der Waals surface area (Å²) < 4.78 is 6.03. The van der Waals surface area contributed by atoms with Crippen LogP contribution in [0, 0.1) is 6.92 Å². The van der Waals surface area contributed by atoms with E-state index in [1.54, 1.807) is 0 Å². The van der Waals surface area contributed by atoms with E-state index in [1.165, 1.54) is 5.56 Å². The number of benzene rings is 2. The van der Waals surface area contributed by atoms with Crippen molar-refractivity contribution in [1.82, 2.24) is 0 Å². The minimum Gasteiger partial charge on any atom is -0.457 e. The van der Waals surface area contributed by atoms with Crippen LogP contribution in [0.5, 0.6) is 11.5 Å². The lowest BCUT2D eigenvalue weighted by atomic mass is 9.87. The molecule has 20 heavy (non-hydrogen) atoms. The Morgan fingerprint density at radius 1 is 1.05 bits per heavy atom. The van der Waals surface area contributed by atoms with E-state index >= 15 is 0 Å². The normalized spacial score (nSPS) is 11.4. The van der Waals surface area contributed by atoms with Crippen molar-refractivity contribution in [3.05, 3.63) is 59.2 Å². The molecular formula is C18H23NO. The summed E-state index contributed by atoms with van der Waals surface area (Å²) in [4.78, 5) is 0. The van der Waals surface area contributed by atoms with Gasteiger partial charge >= 0.3 is 0 Å². The molecule has 0 bridgehead atoms. The van der Waals surface area contributed by atoms with Crippen molar-refractivity contribution in [2.24, 2.45) is 5.73 Å². The number of nitrogens with two attached hydrogens (primary N) is 1. The highest BCUT2D eigenvalue weighted by atomic mass is 16.5. The van der Waals surface area contributed by atoms with Gasteiger partial charge in [0.2, 0.25) is 0 Å². The van der Waals surface area contributed by atoms with Crippen molar-refractivity contribution >= 4 is 0 Å². The van der Waals surface area contributed by atoms with Crippen LogP contribution in [-0.2, 0) is 12.0 Å². The van der Waals surface area contributed by atoms with E-state index in [1.807, 2.05) is 37.3 Å². The van der Waals surface area contributed by atoms with Gasteiger partial charge in [0.1, 0.15) is 11.5 Å². The van der Waals surface area contributed by atoms with Crippen LogP contribution in [0.2, 0.25) is 0 Å². The Morgan fingerprint density at radius 3 is 2.45 bits per heavy atom. The third-order valence-electron chi connectivity index (χ3n) is 3.42. The van der Waals surface area contributed by atoms with Crippen molar-refractivity contribution < 1.29 is 4.74 Å². The first-order chi connectivity index (χ1) is 9.40. The second-order valence-corrected chi connectivity index (χ2v) is 6.18. The number of ether oxygens (including phenoxy) is 1. The molecule has 0 aliphatic carbocycles. The van der Waals surface area contributed by atoms with Crippen molar-refractivity contribution in [3.8, 4) is 11.5 Å². The van der Waals surface area contributed by atoms with E-state index in [9.17, 15) is 0 Å². The van der Waals surface area contributed by atoms with Crippen molar-refractivity contribution in [3.63, 3.8) is 0 Å². The predicted molar refractivity (Wildman–Crippen MR) is 84.3 cm³/mol.